The number of carbonyl (C=O) groups excluding carboxylic acids is 2. The van der Waals surface area contributed by atoms with Crippen LogP contribution in [0.4, 0.5) is 5.69 Å². The van der Waals surface area contributed by atoms with Gasteiger partial charge in [0.25, 0.3) is 21.6 Å². The number of benzene rings is 2. The van der Waals surface area contributed by atoms with Gasteiger partial charge in [-0.05, 0) is 49.4 Å². The summed E-state index contributed by atoms with van der Waals surface area (Å²) in [5.74, 6) is -1.82. The summed E-state index contributed by atoms with van der Waals surface area (Å²) in [5.41, 5.74) is -0.881. The van der Waals surface area contributed by atoms with Gasteiger partial charge in [0.15, 0.2) is 5.41 Å². The van der Waals surface area contributed by atoms with Gasteiger partial charge < -0.3 is 4.74 Å². The van der Waals surface area contributed by atoms with Gasteiger partial charge in [-0.2, -0.15) is 0 Å². The molecule has 1 aliphatic rings. The highest BCUT2D eigenvalue weighted by Gasteiger charge is 2.52. The largest absolute Gasteiger partial charge is 0.465 e. The number of hydrogen-bond acceptors (Lipinski definition) is 7. The van der Waals surface area contributed by atoms with Gasteiger partial charge in [-0.25, -0.2) is 13.1 Å². The molecule has 1 aliphatic carbocycles. The first-order valence-electron chi connectivity index (χ1n) is 9.29. The first kappa shape index (κ1) is 21.4. The molecule has 0 aliphatic heterocycles. The van der Waals surface area contributed by atoms with Gasteiger partial charge in [0.1, 0.15) is 0 Å². The number of nitrogens with one attached hydrogen (secondary N) is 1. The van der Waals surface area contributed by atoms with Crippen LogP contribution in [0.2, 0.25) is 0 Å². The maximum atomic E-state index is 13.3. The normalized spacial score (nSPS) is 18.2. The van der Waals surface area contributed by atoms with E-state index in [4.69, 9.17) is 4.74 Å². The number of ether oxygens (including phenoxy) is 1. The van der Waals surface area contributed by atoms with Gasteiger partial charge >= 0.3 is 5.97 Å². The van der Waals surface area contributed by atoms with E-state index in [-0.39, 0.29) is 23.6 Å². The second-order valence-electron chi connectivity index (χ2n) is 6.82. The number of nitro benzene ring substituents is 1. The van der Waals surface area contributed by atoms with Crippen molar-refractivity contribution in [3.8, 4) is 0 Å². The minimum atomic E-state index is -4.37. The summed E-state index contributed by atoms with van der Waals surface area (Å²) >= 11 is 0. The number of aryl methyl sites for hydroxylation is 1. The van der Waals surface area contributed by atoms with E-state index < -0.39 is 32.2 Å². The van der Waals surface area contributed by atoms with E-state index in [0.717, 1.165) is 29.8 Å². The summed E-state index contributed by atoms with van der Waals surface area (Å²) in [4.78, 5) is 36.0. The van der Waals surface area contributed by atoms with E-state index in [2.05, 4.69) is 0 Å². The van der Waals surface area contributed by atoms with Crippen molar-refractivity contribution in [1.82, 2.24) is 4.72 Å². The number of nitro groups is 1. The Hall–Kier alpha value is -3.27. The van der Waals surface area contributed by atoms with Gasteiger partial charge in [0.05, 0.1) is 16.4 Å². The zero-order valence-corrected chi connectivity index (χ0v) is 17.0. The number of carbonyl (C=O) groups is 2. The van der Waals surface area contributed by atoms with Crippen molar-refractivity contribution in [2.24, 2.45) is 0 Å². The van der Waals surface area contributed by atoms with Crippen molar-refractivity contribution < 1.29 is 27.7 Å². The topological polar surface area (TPSA) is 133 Å². The van der Waals surface area contributed by atoms with Crippen molar-refractivity contribution >= 4 is 27.6 Å². The molecule has 158 valence electrons. The molecule has 1 atom stereocenters. The summed E-state index contributed by atoms with van der Waals surface area (Å²) in [5, 5.41) is 10.8. The summed E-state index contributed by atoms with van der Waals surface area (Å²) in [6.07, 6.45) is 1.25. The van der Waals surface area contributed by atoms with Gasteiger partial charge in [0.2, 0.25) is 0 Å². The van der Waals surface area contributed by atoms with Gasteiger partial charge in [-0.3, -0.25) is 19.7 Å². The molecule has 1 amide bonds. The third-order valence-electron chi connectivity index (χ3n) is 5.07. The highest BCUT2D eigenvalue weighted by molar-refractivity contribution is 7.90. The molecule has 2 aromatic carbocycles. The van der Waals surface area contributed by atoms with Crippen LogP contribution in [0.5, 0.6) is 0 Å². The van der Waals surface area contributed by atoms with Crippen LogP contribution in [-0.2, 0) is 36.2 Å². The van der Waals surface area contributed by atoms with Crippen molar-refractivity contribution in [2.45, 2.75) is 36.5 Å². The fourth-order valence-electron chi connectivity index (χ4n) is 3.64. The molecule has 0 bridgehead atoms. The second-order valence-corrected chi connectivity index (χ2v) is 8.50. The number of non-ortho nitro benzene ring substituents is 1. The van der Waals surface area contributed by atoms with Crippen LogP contribution in [0.15, 0.2) is 53.4 Å². The monoisotopic (exact) mass is 432 g/mol. The Bertz CT molecular complexity index is 1100. The quantitative estimate of drug-likeness (QED) is 0.320. The third-order valence-corrected chi connectivity index (χ3v) is 6.42. The standard InChI is InChI=1S/C20H20N2O7S/c1-2-29-19(24)20(13-5-7-14-6-3-4-8-17(14)20)18(23)21-30(27,28)16-11-9-15(10-12-16)22(25)26/h3-4,6,8-12H,2,5,7,13H2,1H3,(H,21,23). The minimum absolute atomic E-state index is 0.0329. The molecule has 2 aromatic rings. The molecule has 0 saturated heterocycles. The van der Waals surface area contributed by atoms with E-state index in [0.29, 0.717) is 18.4 Å². The molecule has 0 fully saturated rings. The maximum Gasteiger partial charge on any atom is 0.326 e. The fourth-order valence-corrected chi connectivity index (χ4v) is 4.67. The Labute approximate surface area is 173 Å². The Morgan fingerprint density at radius 2 is 1.83 bits per heavy atom. The predicted molar refractivity (Wildman–Crippen MR) is 106 cm³/mol. The lowest BCUT2D eigenvalue weighted by atomic mass is 9.69. The number of esters is 1. The van der Waals surface area contributed by atoms with E-state index in [9.17, 15) is 28.1 Å². The van der Waals surface area contributed by atoms with E-state index in [1.54, 1.807) is 31.2 Å². The van der Waals surface area contributed by atoms with Crippen LogP contribution in [-0.4, -0.2) is 31.8 Å². The molecule has 0 aromatic heterocycles. The Balaban J connectivity index is 2.01. The fraction of sp³-hybridized carbons (Fsp3) is 0.300. The third kappa shape index (κ3) is 3.78. The number of hydrogen-bond donors (Lipinski definition) is 1. The first-order chi connectivity index (χ1) is 14.2. The number of amides is 1. The van der Waals surface area contributed by atoms with Crippen LogP contribution in [0.3, 0.4) is 0 Å². The summed E-state index contributed by atoms with van der Waals surface area (Å²) < 4.78 is 32.6. The lowest BCUT2D eigenvalue weighted by Gasteiger charge is -2.35. The summed E-state index contributed by atoms with van der Waals surface area (Å²) in [6, 6.07) is 11.0. The molecule has 10 heteroatoms. The predicted octanol–water partition coefficient (Wildman–Crippen LogP) is 2.24. The number of fused-ring (bicyclic) bond motifs is 1. The van der Waals surface area contributed by atoms with Gasteiger partial charge in [0, 0.05) is 12.1 Å². The number of nitrogens with zero attached hydrogens (tertiary/aromatic N) is 1. The van der Waals surface area contributed by atoms with Crippen LogP contribution < -0.4 is 4.72 Å². The highest BCUT2D eigenvalue weighted by atomic mass is 32.2. The highest BCUT2D eigenvalue weighted by Crippen LogP contribution is 2.39. The van der Waals surface area contributed by atoms with Gasteiger partial charge in [-0.1, -0.05) is 24.3 Å². The average molecular weight is 432 g/mol. The van der Waals surface area contributed by atoms with Crippen LogP contribution in [0.25, 0.3) is 0 Å². The molecular weight excluding hydrogens is 412 g/mol. The Morgan fingerprint density at radius 3 is 2.47 bits per heavy atom. The smallest absolute Gasteiger partial charge is 0.326 e. The molecule has 3 rings (SSSR count). The molecule has 0 spiro atoms. The average Bonchev–Trinajstić information content (AvgIpc) is 2.73. The first-order valence-corrected chi connectivity index (χ1v) is 10.8. The molecule has 1 N–H and O–H groups in total. The molecule has 1 unspecified atom stereocenters. The van der Waals surface area contributed by atoms with Crippen LogP contribution in [0.1, 0.15) is 30.9 Å². The molecular formula is C20H20N2O7S. The summed E-state index contributed by atoms with van der Waals surface area (Å²) in [7, 11) is -4.37. The lowest BCUT2D eigenvalue weighted by Crippen LogP contribution is -2.54. The number of sulfonamides is 1. The van der Waals surface area contributed by atoms with Crippen molar-refractivity contribution in [1.29, 1.82) is 0 Å². The lowest BCUT2D eigenvalue weighted by molar-refractivity contribution is -0.384. The van der Waals surface area contributed by atoms with E-state index in [1.165, 1.54) is 0 Å². The molecule has 9 nitrogen and oxygen atoms in total. The number of rotatable bonds is 6. The van der Waals surface area contributed by atoms with Crippen molar-refractivity contribution in [2.75, 3.05) is 6.61 Å². The zero-order chi connectivity index (χ0) is 21.9. The molecule has 0 radical (unpaired) electrons. The van der Waals surface area contributed by atoms with E-state index >= 15 is 0 Å². The van der Waals surface area contributed by atoms with Crippen LogP contribution >= 0.6 is 0 Å². The van der Waals surface area contributed by atoms with Crippen LogP contribution in [0, 0.1) is 10.1 Å². The summed E-state index contributed by atoms with van der Waals surface area (Å²) in [6.45, 7) is 1.64. The van der Waals surface area contributed by atoms with Crippen molar-refractivity contribution in [3.05, 3.63) is 69.8 Å². The van der Waals surface area contributed by atoms with Gasteiger partial charge in [-0.15, -0.1) is 0 Å². The Morgan fingerprint density at radius 1 is 1.17 bits per heavy atom. The van der Waals surface area contributed by atoms with E-state index in [1.807, 2.05) is 4.72 Å². The maximum absolute atomic E-state index is 13.3. The second kappa shape index (κ2) is 8.23. The van der Waals surface area contributed by atoms with Crippen molar-refractivity contribution in [3.63, 3.8) is 0 Å². The molecule has 30 heavy (non-hydrogen) atoms. The minimum Gasteiger partial charge on any atom is -0.465 e. The molecule has 0 saturated carbocycles. The molecule has 0 heterocycles. The Kier molecular flexibility index (Phi) is 5.88. The zero-order valence-electron chi connectivity index (χ0n) is 16.2. The SMILES string of the molecule is CCOC(=O)C1(C(=O)NS(=O)(=O)c2ccc([N+](=O)[O-])cc2)CCCc2ccccc21.